The molecule has 1 fully saturated rings. The number of imide groups is 1. The number of thioether (sulfide) groups is 1. The molecule has 40 heavy (non-hydrogen) atoms. The van der Waals surface area contributed by atoms with E-state index in [1.807, 2.05) is 32.0 Å². The van der Waals surface area contributed by atoms with Gasteiger partial charge < -0.3 is 14.8 Å². The Bertz CT molecular complexity index is 1500. The number of carbonyl (C=O) groups is 3. The summed E-state index contributed by atoms with van der Waals surface area (Å²) in [7, 11) is 0. The highest BCUT2D eigenvalue weighted by Gasteiger charge is 2.36. The zero-order chi connectivity index (χ0) is 28.8. The molecule has 3 aromatic rings. The topological polar surface area (TPSA) is 128 Å². The number of nitrogens with zero attached hydrogens (tertiary/aromatic N) is 2. The van der Waals surface area contributed by atoms with E-state index >= 15 is 0 Å². The van der Waals surface area contributed by atoms with Crippen LogP contribution in [0.2, 0.25) is 0 Å². The van der Waals surface area contributed by atoms with Crippen molar-refractivity contribution in [2.45, 2.75) is 27.4 Å². The van der Waals surface area contributed by atoms with Crippen LogP contribution >= 0.6 is 11.8 Å². The molecule has 0 aromatic heterocycles. The second kappa shape index (κ2) is 12.5. The van der Waals surface area contributed by atoms with Gasteiger partial charge in [0.25, 0.3) is 16.8 Å². The highest BCUT2D eigenvalue weighted by Crippen LogP contribution is 2.35. The van der Waals surface area contributed by atoms with Crippen LogP contribution in [-0.2, 0) is 16.2 Å². The Morgan fingerprint density at radius 3 is 2.45 bits per heavy atom. The highest BCUT2D eigenvalue weighted by atomic mass is 32.2. The Balaban J connectivity index is 1.47. The fourth-order valence-corrected chi connectivity index (χ4v) is 4.93. The lowest BCUT2D eigenvalue weighted by molar-refractivity contribution is -0.385. The molecule has 0 saturated carbocycles. The number of rotatable bonds is 10. The van der Waals surface area contributed by atoms with E-state index in [1.165, 1.54) is 6.07 Å². The summed E-state index contributed by atoms with van der Waals surface area (Å²) in [6, 6.07) is 16.9. The van der Waals surface area contributed by atoms with Crippen LogP contribution in [0.25, 0.3) is 6.08 Å². The van der Waals surface area contributed by atoms with Crippen molar-refractivity contribution in [3.05, 3.63) is 97.9 Å². The number of benzene rings is 3. The number of anilines is 1. The second-order valence-electron chi connectivity index (χ2n) is 8.90. The molecular weight excluding hydrogens is 534 g/mol. The van der Waals surface area contributed by atoms with Crippen LogP contribution < -0.4 is 14.8 Å². The largest absolute Gasteiger partial charge is 0.490 e. The molecular formula is C29H27N3O7S. The van der Waals surface area contributed by atoms with Gasteiger partial charge in [-0.05, 0) is 73.5 Å². The third-order valence-corrected chi connectivity index (χ3v) is 6.97. The average molecular weight is 562 g/mol. The summed E-state index contributed by atoms with van der Waals surface area (Å²) in [6.45, 7) is 5.41. The molecule has 0 atom stereocenters. The second-order valence-corrected chi connectivity index (χ2v) is 9.89. The molecule has 0 radical (unpaired) electrons. The Labute approximate surface area is 235 Å². The zero-order valence-electron chi connectivity index (χ0n) is 22.1. The van der Waals surface area contributed by atoms with Crippen LogP contribution in [0, 0.1) is 24.0 Å². The Morgan fingerprint density at radius 1 is 1.02 bits per heavy atom. The molecule has 0 aliphatic carbocycles. The van der Waals surface area contributed by atoms with E-state index in [1.54, 1.807) is 49.4 Å². The van der Waals surface area contributed by atoms with E-state index < -0.39 is 28.5 Å². The molecule has 1 heterocycles. The molecule has 206 valence electrons. The van der Waals surface area contributed by atoms with Gasteiger partial charge in [-0.3, -0.25) is 29.4 Å². The summed E-state index contributed by atoms with van der Waals surface area (Å²) in [5.74, 6) is -0.295. The van der Waals surface area contributed by atoms with E-state index in [4.69, 9.17) is 9.47 Å². The number of hydrogen-bond donors (Lipinski definition) is 1. The smallest absolute Gasteiger partial charge is 0.294 e. The molecule has 0 spiro atoms. The van der Waals surface area contributed by atoms with E-state index in [0.717, 1.165) is 27.8 Å². The van der Waals surface area contributed by atoms with Crippen molar-refractivity contribution < 1.29 is 28.8 Å². The predicted molar refractivity (Wildman–Crippen MR) is 152 cm³/mol. The summed E-state index contributed by atoms with van der Waals surface area (Å²) in [5.41, 5.74) is 3.35. The first-order valence-corrected chi connectivity index (χ1v) is 13.2. The van der Waals surface area contributed by atoms with Crippen molar-refractivity contribution in [3.8, 4) is 11.5 Å². The Morgan fingerprint density at radius 2 is 1.75 bits per heavy atom. The fraction of sp³-hybridized carbons (Fsp3) is 0.207. The van der Waals surface area contributed by atoms with Crippen LogP contribution in [0.4, 0.5) is 16.2 Å². The number of hydrogen-bond acceptors (Lipinski definition) is 8. The van der Waals surface area contributed by atoms with E-state index in [-0.39, 0.29) is 17.2 Å². The molecule has 1 aliphatic heterocycles. The van der Waals surface area contributed by atoms with E-state index in [2.05, 4.69) is 5.32 Å². The van der Waals surface area contributed by atoms with Crippen LogP contribution in [0.3, 0.4) is 0 Å². The van der Waals surface area contributed by atoms with Crippen molar-refractivity contribution in [1.82, 2.24) is 4.90 Å². The molecule has 10 nitrogen and oxygen atoms in total. The van der Waals surface area contributed by atoms with Gasteiger partial charge in [0.05, 0.1) is 22.0 Å². The summed E-state index contributed by atoms with van der Waals surface area (Å²) in [5, 5.41) is 13.5. The van der Waals surface area contributed by atoms with Gasteiger partial charge in [-0.1, -0.05) is 36.4 Å². The van der Waals surface area contributed by atoms with Crippen molar-refractivity contribution in [2.75, 3.05) is 18.5 Å². The first kappa shape index (κ1) is 28.4. The van der Waals surface area contributed by atoms with Crippen LogP contribution in [-0.4, -0.2) is 40.0 Å². The first-order chi connectivity index (χ1) is 19.2. The normalized spacial score (nSPS) is 14.0. The minimum absolute atomic E-state index is 0.0421. The Kier molecular flexibility index (Phi) is 8.85. The summed E-state index contributed by atoms with van der Waals surface area (Å²) >= 11 is 0.749. The molecule has 3 aromatic carbocycles. The number of aryl methyl sites for hydroxylation is 2. The standard InChI is InChI=1S/C29H27N3O7S/c1-4-38-24-14-20(12-13-23(24)39-17-21-10-5-6-11-22(21)32(36)37)15-25-28(34)31(29(35)40-25)16-26(33)30-27-18(2)8-7-9-19(27)3/h5-15H,4,16-17H2,1-3H3,(H,30,33)/b25-15+. The van der Waals surface area contributed by atoms with E-state index in [0.29, 0.717) is 34.9 Å². The monoisotopic (exact) mass is 561 g/mol. The highest BCUT2D eigenvalue weighted by molar-refractivity contribution is 8.18. The van der Waals surface area contributed by atoms with Gasteiger partial charge in [0.15, 0.2) is 11.5 Å². The molecule has 1 saturated heterocycles. The minimum Gasteiger partial charge on any atom is -0.490 e. The third kappa shape index (κ3) is 6.49. The first-order valence-electron chi connectivity index (χ1n) is 12.4. The summed E-state index contributed by atoms with van der Waals surface area (Å²) in [6.07, 6.45) is 1.54. The minimum atomic E-state index is -0.568. The molecule has 4 rings (SSSR count). The lowest BCUT2D eigenvalue weighted by Gasteiger charge is -2.15. The van der Waals surface area contributed by atoms with Crippen molar-refractivity contribution >= 4 is 46.3 Å². The van der Waals surface area contributed by atoms with Gasteiger partial charge >= 0.3 is 0 Å². The molecule has 3 amide bonds. The summed E-state index contributed by atoms with van der Waals surface area (Å²) < 4.78 is 11.5. The number of nitro benzene ring substituents is 1. The number of nitrogens with one attached hydrogen (secondary N) is 1. The number of nitro groups is 1. The van der Waals surface area contributed by atoms with Crippen molar-refractivity contribution in [1.29, 1.82) is 0 Å². The number of para-hydroxylation sites is 2. The van der Waals surface area contributed by atoms with Gasteiger partial charge in [-0.2, -0.15) is 0 Å². The van der Waals surface area contributed by atoms with Crippen LogP contribution in [0.1, 0.15) is 29.2 Å². The lowest BCUT2D eigenvalue weighted by atomic mass is 10.1. The third-order valence-electron chi connectivity index (χ3n) is 6.06. The van der Waals surface area contributed by atoms with Gasteiger partial charge in [0.1, 0.15) is 13.2 Å². The van der Waals surface area contributed by atoms with Gasteiger partial charge in [0, 0.05) is 11.8 Å². The van der Waals surface area contributed by atoms with Gasteiger partial charge in [0.2, 0.25) is 5.91 Å². The fourth-order valence-electron chi connectivity index (χ4n) is 4.09. The molecule has 0 bridgehead atoms. The predicted octanol–water partition coefficient (Wildman–Crippen LogP) is 5.86. The quantitative estimate of drug-likeness (QED) is 0.185. The molecule has 1 aliphatic rings. The molecule has 11 heteroatoms. The maximum atomic E-state index is 13.0. The number of carbonyl (C=O) groups excluding carboxylic acids is 3. The van der Waals surface area contributed by atoms with Gasteiger partial charge in [-0.25, -0.2) is 0 Å². The van der Waals surface area contributed by atoms with Crippen LogP contribution in [0.15, 0.2) is 65.6 Å². The molecule has 1 N–H and O–H groups in total. The number of ether oxygens (including phenoxy) is 2. The number of amides is 3. The summed E-state index contributed by atoms with van der Waals surface area (Å²) in [4.78, 5) is 50.1. The van der Waals surface area contributed by atoms with Crippen molar-refractivity contribution in [2.24, 2.45) is 0 Å². The maximum absolute atomic E-state index is 13.0. The van der Waals surface area contributed by atoms with Crippen LogP contribution in [0.5, 0.6) is 11.5 Å². The van der Waals surface area contributed by atoms with Crippen molar-refractivity contribution in [3.63, 3.8) is 0 Å². The Hall–Kier alpha value is -4.64. The lowest BCUT2D eigenvalue weighted by Crippen LogP contribution is -2.36. The van der Waals surface area contributed by atoms with Gasteiger partial charge in [-0.15, -0.1) is 0 Å². The molecule has 0 unspecified atom stereocenters. The zero-order valence-corrected chi connectivity index (χ0v) is 22.9. The maximum Gasteiger partial charge on any atom is 0.294 e. The van der Waals surface area contributed by atoms with E-state index in [9.17, 15) is 24.5 Å². The average Bonchev–Trinajstić information content (AvgIpc) is 3.18. The SMILES string of the molecule is CCOc1cc(/C=C2/SC(=O)N(CC(=O)Nc3c(C)cccc3C)C2=O)ccc1OCc1ccccc1[N+](=O)[O-].